The number of halogens is 4. The van der Waals surface area contributed by atoms with Crippen molar-refractivity contribution in [3.8, 4) is 0 Å². The largest absolute Gasteiger partial charge is 0.420 e. The fraction of sp³-hybridized carbons (Fsp3) is 0.130. The van der Waals surface area contributed by atoms with E-state index < -0.39 is 11.7 Å². The van der Waals surface area contributed by atoms with Crippen LogP contribution >= 0.6 is 15.9 Å². The van der Waals surface area contributed by atoms with Crippen molar-refractivity contribution in [2.75, 3.05) is 5.32 Å². The first-order valence-electron chi connectivity index (χ1n) is 9.19. The molecule has 0 amide bonds. The van der Waals surface area contributed by atoms with E-state index in [0.29, 0.717) is 33.2 Å². The van der Waals surface area contributed by atoms with Crippen molar-refractivity contribution >= 4 is 32.5 Å². The summed E-state index contributed by atoms with van der Waals surface area (Å²) in [7, 11) is 0. The number of fused-ring (bicyclic) bond motifs is 4. The van der Waals surface area contributed by atoms with Gasteiger partial charge in [-0.1, -0.05) is 64.5 Å². The normalized spacial score (nSPS) is 18.6. The number of hydrogen-bond acceptors (Lipinski definition) is 1. The molecule has 1 aliphatic heterocycles. The van der Waals surface area contributed by atoms with Gasteiger partial charge in [0, 0.05) is 38.7 Å². The Bertz CT molecular complexity index is 1230. The molecule has 2 heterocycles. The van der Waals surface area contributed by atoms with Gasteiger partial charge in [0.1, 0.15) is 0 Å². The Morgan fingerprint density at radius 3 is 2.45 bits per heavy atom. The maximum Gasteiger partial charge on any atom is 0.420 e. The molecule has 0 spiro atoms. The zero-order chi connectivity index (χ0) is 20.2. The van der Waals surface area contributed by atoms with E-state index in [2.05, 4.69) is 26.2 Å². The van der Waals surface area contributed by atoms with Gasteiger partial charge in [0.05, 0.1) is 0 Å². The van der Waals surface area contributed by atoms with Crippen molar-refractivity contribution in [3.63, 3.8) is 0 Å². The first kappa shape index (κ1) is 18.3. The van der Waals surface area contributed by atoms with Crippen molar-refractivity contribution in [1.29, 1.82) is 0 Å². The fourth-order valence-corrected chi connectivity index (χ4v) is 4.72. The highest BCUT2D eigenvalue weighted by Gasteiger charge is 2.60. The predicted molar refractivity (Wildman–Crippen MR) is 112 cm³/mol. The van der Waals surface area contributed by atoms with E-state index in [4.69, 9.17) is 0 Å². The number of alkyl halides is 3. The SMILES string of the molecule is FC(F)(F)[C@@]1(c2cccc(Br)c2)Nc2ccccc2Cc2[nH]c3ccccc3c21. The number of anilines is 1. The van der Waals surface area contributed by atoms with Crippen molar-refractivity contribution in [1.82, 2.24) is 4.98 Å². The summed E-state index contributed by atoms with van der Waals surface area (Å²) in [6, 6.07) is 20.8. The van der Waals surface area contributed by atoms with Crippen molar-refractivity contribution in [2.45, 2.75) is 18.1 Å². The molecule has 0 radical (unpaired) electrons. The van der Waals surface area contributed by atoms with Crippen LogP contribution in [0.2, 0.25) is 0 Å². The topological polar surface area (TPSA) is 27.8 Å². The van der Waals surface area contributed by atoms with E-state index in [0.717, 1.165) is 5.56 Å². The minimum absolute atomic E-state index is 0.141. The second-order valence-corrected chi connectivity index (χ2v) is 8.16. The van der Waals surface area contributed by atoms with Crippen molar-refractivity contribution in [2.24, 2.45) is 0 Å². The highest BCUT2D eigenvalue weighted by molar-refractivity contribution is 9.10. The molecular formula is C23H16BrF3N2. The summed E-state index contributed by atoms with van der Waals surface area (Å²) in [6.07, 6.45) is -4.20. The lowest BCUT2D eigenvalue weighted by Crippen LogP contribution is -2.50. The minimum Gasteiger partial charge on any atom is -0.364 e. The van der Waals surface area contributed by atoms with Crippen LogP contribution in [0.3, 0.4) is 0 Å². The van der Waals surface area contributed by atoms with E-state index in [9.17, 15) is 0 Å². The molecule has 0 saturated carbocycles. The van der Waals surface area contributed by atoms with E-state index >= 15 is 13.2 Å². The molecule has 4 aromatic rings. The summed E-state index contributed by atoms with van der Waals surface area (Å²) in [5.41, 5.74) is 0.554. The van der Waals surface area contributed by atoms with Gasteiger partial charge in [0.15, 0.2) is 5.54 Å². The van der Waals surface area contributed by atoms with Crippen LogP contribution in [0, 0.1) is 0 Å². The molecule has 0 bridgehead atoms. The lowest BCUT2D eigenvalue weighted by molar-refractivity contribution is -0.169. The standard InChI is InChI=1S/C23H16BrF3N2/c24-16-8-5-7-15(13-16)22(23(25,26)27)21-17-9-2-4-11-19(17)28-20(21)12-14-6-1-3-10-18(14)29-22/h1-11,13,28-29H,12H2/t22-/m0/s1. The van der Waals surface area contributed by atoms with Crippen LogP contribution in [0.5, 0.6) is 0 Å². The maximum absolute atomic E-state index is 15.1. The molecule has 1 aromatic heterocycles. The summed E-state index contributed by atoms with van der Waals surface area (Å²) in [4.78, 5) is 3.26. The zero-order valence-electron chi connectivity index (χ0n) is 15.1. The van der Waals surface area contributed by atoms with Gasteiger partial charge in [0.25, 0.3) is 0 Å². The maximum atomic E-state index is 15.1. The Balaban J connectivity index is 1.95. The van der Waals surface area contributed by atoms with E-state index in [1.165, 1.54) is 6.07 Å². The summed E-state index contributed by atoms with van der Waals surface area (Å²) < 4.78 is 45.8. The van der Waals surface area contributed by atoms with Gasteiger partial charge >= 0.3 is 6.18 Å². The lowest BCUT2D eigenvalue weighted by atomic mass is 9.80. The third-order valence-electron chi connectivity index (χ3n) is 5.55. The van der Waals surface area contributed by atoms with Gasteiger partial charge in [0.2, 0.25) is 0 Å². The summed E-state index contributed by atoms with van der Waals surface area (Å²) >= 11 is 3.35. The highest BCUT2D eigenvalue weighted by atomic mass is 79.9. The molecule has 0 aliphatic carbocycles. The predicted octanol–water partition coefficient (Wildman–Crippen LogP) is 6.75. The molecule has 29 heavy (non-hydrogen) atoms. The first-order valence-corrected chi connectivity index (χ1v) is 9.98. The van der Waals surface area contributed by atoms with Crippen LogP contribution in [0.1, 0.15) is 22.4 Å². The molecule has 0 fully saturated rings. The second-order valence-electron chi connectivity index (χ2n) is 7.24. The van der Waals surface area contributed by atoms with Gasteiger partial charge in [-0.15, -0.1) is 0 Å². The van der Waals surface area contributed by atoms with Crippen LogP contribution in [0.25, 0.3) is 10.9 Å². The molecule has 2 nitrogen and oxygen atoms in total. The van der Waals surface area contributed by atoms with Crippen LogP contribution in [-0.4, -0.2) is 11.2 Å². The molecule has 146 valence electrons. The van der Waals surface area contributed by atoms with Crippen LogP contribution < -0.4 is 5.32 Å². The number of hydrogen-bond donors (Lipinski definition) is 2. The molecule has 3 aromatic carbocycles. The zero-order valence-corrected chi connectivity index (χ0v) is 16.7. The molecule has 5 rings (SSSR count). The first-order chi connectivity index (χ1) is 13.9. The molecular weight excluding hydrogens is 441 g/mol. The number of H-pyrrole nitrogens is 1. The quantitative estimate of drug-likeness (QED) is 0.325. The van der Waals surface area contributed by atoms with Gasteiger partial charge in [-0.3, -0.25) is 0 Å². The molecule has 0 saturated heterocycles. The summed E-state index contributed by atoms with van der Waals surface area (Å²) in [6.45, 7) is 0. The van der Waals surface area contributed by atoms with Crippen molar-refractivity contribution in [3.05, 3.63) is 99.7 Å². The average molecular weight is 457 g/mol. The van der Waals surface area contributed by atoms with Crippen molar-refractivity contribution < 1.29 is 13.2 Å². The second kappa shape index (κ2) is 6.39. The van der Waals surface area contributed by atoms with Gasteiger partial charge in [-0.25, -0.2) is 0 Å². The lowest BCUT2D eigenvalue weighted by Gasteiger charge is -2.38. The van der Waals surface area contributed by atoms with Gasteiger partial charge in [-0.05, 0) is 35.4 Å². The van der Waals surface area contributed by atoms with Crippen LogP contribution in [0.15, 0.2) is 77.3 Å². The Labute approximate surface area is 173 Å². The van der Waals surface area contributed by atoms with Gasteiger partial charge in [-0.2, -0.15) is 13.2 Å². The third kappa shape index (κ3) is 2.69. The Morgan fingerprint density at radius 1 is 0.897 bits per heavy atom. The smallest absolute Gasteiger partial charge is 0.364 e. The van der Waals surface area contributed by atoms with E-state index in [1.807, 2.05) is 24.3 Å². The Kier molecular flexibility index (Phi) is 4.03. The average Bonchev–Trinajstić information content (AvgIpc) is 2.96. The Morgan fingerprint density at radius 2 is 1.66 bits per heavy atom. The molecule has 2 N–H and O–H groups in total. The number of nitrogens with one attached hydrogen (secondary N) is 2. The number of benzene rings is 3. The van der Waals surface area contributed by atoms with E-state index in [1.54, 1.807) is 42.5 Å². The van der Waals surface area contributed by atoms with E-state index in [-0.39, 0.29) is 11.1 Å². The molecule has 6 heteroatoms. The fourth-order valence-electron chi connectivity index (χ4n) is 4.32. The minimum atomic E-state index is -4.59. The monoisotopic (exact) mass is 456 g/mol. The summed E-state index contributed by atoms with van der Waals surface area (Å²) in [5.74, 6) is 0. The van der Waals surface area contributed by atoms with Crippen LogP contribution in [0.4, 0.5) is 18.9 Å². The molecule has 1 aliphatic rings. The molecule has 1 atom stereocenters. The van der Waals surface area contributed by atoms with Crippen LogP contribution in [-0.2, 0) is 12.0 Å². The van der Waals surface area contributed by atoms with Gasteiger partial charge < -0.3 is 10.3 Å². The molecule has 0 unspecified atom stereocenters. The number of aromatic amines is 1. The highest BCUT2D eigenvalue weighted by Crippen LogP contribution is 2.52. The third-order valence-corrected chi connectivity index (χ3v) is 6.04. The number of rotatable bonds is 1. The number of para-hydroxylation sites is 2. The number of aromatic nitrogens is 1. The Hall–Kier alpha value is -2.73. The summed E-state index contributed by atoms with van der Waals surface area (Å²) in [5, 5.41) is 3.49.